The van der Waals surface area contributed by atoms with Gasteiger partial charge >= 0.3 is 0 Å². The first-order valence-corrected chi connectivity index (χ1v) is 11.4. The van der Waals surface area contributed by atoms with Crippen LogP contribution in [-0.2, 0) is 28.3 Å². The number of hydrogen-bond donors (Lipinski definition) is 2. The molecule has 0 atom stereocenters. The fraction of sp³-hybridized carbons (Fsp3) is 0.429. The Morgan fingerprint density at radius 1 is 1.10 bits per heavy atom. The van der Waals surface area contributed by atoms with Crippen molar-refractivity contribution in [2.75, 3.05) is 18.4 Å². The van der Waals surface area contributed by atoms with Crippen LogP contribution >= 0.6 is 0 Å². The summed E-state index contributed by atoms with van der Waals surface area (Å²) in [6.45, 7) is 8.06. The Labute approximate surface area is 178 Å². The van der Waals surface area contributed by atoms with Gasteiger partial charge in [0.1, 0.15) is 10.6 Å². The summed E-state index contributed by atoms with van der Waals surface area (Å²) in [6.07, 6.45) is 1.70. The number of rotatable bonds is 9. The molecule has 0 bridgehead atoms. The predicted molar refractivity (Wildman–Crippen MR) is 117 cm³/mol. The molecule has 2 rings (SSSR count). The van der Waals surface area contributed by atoms with Crippen molar-refractivity contribution < 1.29 is 18.0 Å². The summed E-state index contributed by atoms with van der Waals surface area (Å²) >= 11 is 0. The largest absolute Gasteiger partial charge is 0.354 e. The lowest BCUT2D eigenvalue weighted by Gasteiger charge is -2.17. The molecular formula is C21H30N4O4S. The molecular weight excluding hydrogens is 404 g/mol. The number of aromatic nitrogens is 1. The number of anilines is 1. The van der Waals surface area contributed by atoms with Crippen molar-refractivity contribution in [3.05, 3.63) is 47.8 Å². The van der Waals surface area contributed by atoms with Gasteiger partial charge in [-0.15, -0.1) is 0 Å². The molecule has 0 unspecified atom stereocenters. The number of benzene rings is 1. The number of nitrogens with one attached hydrogen (secondary N) is 2. The molecule has 0 spiro atoms. The summed E-state index contributed by atoms with van der Waals surface area (Å²) < 4.78 is 28.2. The maximum Gasteiger partial charge on any atom is 0.272 e. The topological polar surface area (TPSA) is 101 Å². The van der Waals surface area contributed by atoms with E-state index < -0.39 is 15.9 Å². The Hall–Kier alpha value is -2.65. The summed E-state index contributed by atoms with van der Waals surface area (Å²) in [5.41, 5.74) is 1.63. The van der Waals surface area contributed by atoms with Crippen molar-refractivity contribution in [1.82, 2.24) is 14.2 Å². The molecule has 9 heteroatoms. The summed E-state index contributed by atoms with van der Waals surface area (Å²) in [6, 6.07) is 8.44. The van der Waals surface area contributed by atoms with Gasteiger partial charge in [-0.3, -0.25) is 9.59 Å². The monoisotopic (exact) mass is 434 g/mol. The zero-order valence-electron chi connectivity index (χ0n) is 18.1. The molecule has 1 heterocycles. The molecule has 0 aliphatic rings. The first kappa shape index (κ1) is 23.6. The fourth-order valence-corrected chi connectivity index (χ4v) is 4.60. The molecule has 0 saturated carbocycles. The van der Waals surface area contributed by atoms with E-state index in [1.54, 1.807) is 45.2 Å². The third kappa shape index (κ3) is 5.70. The first-order chi connectivity index (χ1) is 14.1. The normalized spacial score (nSPS) is 11.7. The van der Waals surface area contributed by atoms with Gasteiger partial charge in [0.05, 0.1) is 6.42 Å². The average molecular weight is 435 g/mol. The first-order valence-electron chi connectivity index (χ1n) is 9.94. The van der Waals surface area contributed by atoms with Crippen LogP contribution in [0.3, 0.4) is 0 Å². The van der Waals surface area contributed by atoms with E-state index in [9.17, 15) is 18.0 Å². The number of hydrogen-bond acceptors (Lipinski definition) is 4. The molecule has 0 aliphatic carbocycles. The van der Waals surface area contributed by atoms with Crippen LogP contribution in [0.25, 0.3) is 0 Å². The van der Waals surface area contributed by atoms with Gasteiger partial charge in [0.2, 0.25) is 15.9 Å². The minimum Gasteiger partial charge on any atom is -0.354 e. The van der Waals surface area contributed by atoms with Crippen molar-refractivity contribution >= 4 is 27.5 Å². The molecule has 164 valence electrons. The van der Waals surface area contributed by atoms with Gasteiger partial charge in [-0.05, 0) is 37.6 Å². The van der Waals surface area contributed by atoms with E-state index in [4.69, 9.17) is 0 Å². The molecule has 30 heavy (non-hydrogen) atoms. The Balaban J connectivity index is 2.11. The van der Waals surface area contributed by atoms with Gasteiger partial charge in [0, 0.05) is 38.1 Å². The van der Waals surface area contributed by atoms with Crippen molar-refractivity contribution in [3.63, 3.8) is 0 Å². The molecule has 0 aliphatic heterocycles. The number of carbonyl (C=O) groups excluding carboxylic acids is 2. The zero-order chi connectivity index (χ0) is 22.5. The van der Waals surface area contributed by atoms with Gasteiger partial charge < -0.3 is 15.2 Å². The molecule has 0 fully saturated rings. The Bertz CT molecular complexity index is 991. The van der Waals surface area contributed by atoms with Crippen molar-refractivity contribution in [3.8, 4) is 0 Å². The molecule has 2 aromatic rings. The second kappa shape index (κ2) is 9.90. The van der Waals surface area contributed by atoms with Crippen LogP contribution in [0.1, 0.15) is 43.7 Å². The standard InChI is InChI=1S/C21H30N4O4S/c1-6-25(7-2)30(28,29)18-13-19(24(5)14-18)21(27)23-17-10-8-16(9-11-17)12-20(26)22-15(3)4/h8-11,13-15H,6-7,12H2,1-5H3,(H,22,26)(H,23,27). The lowest BCUT2D eigenvalue weighted by molar-refractivity contribution is -0.120. The predicted octanol–water partition coefficient (Wildman–Crippen LogP) is 2.38. The van der Waals surface area contributed by atoms with Gasteiger partial charge in [-0.2, -0.15) is 4.31 Å². The van der Waals surface area contributed by atoms with Crippen LogP contribution in [0, 0.1) is 0 Å². The second-order valence-corrected chi connectivity index (χ2v) is 9.25. The highest BCUT2D eigenvalue weighted by atomic mass is 32.2. The van der Waals surface area contributed by atoms with Crippen molar-refractivity contribution in [1.29, 1.82) is 0 Å². The van der Waals surface area contributed by atoms with E-state index >= 15 is 0 Å². The van der Waals surface area contributed by atoms with E-state index in [-0.39, 0.29) is 29.0 Å². The number of carbonyl (C=O) groups is 2. The van der Waals surface area contributed by atoms with E-state index in [1.165, 1.54) is 21.1 Å². The highest BCUT2D eigenvalue weighted by molar-refractivity contribution is 7.89. The van der Waals surface area contributed by atoms with Crippen LogP contribution < -0.4 is 10.6 Å². The lowest BCUT2D eigenvalue weighted by atomic mass is 10.1. The quantitative estimate of drug-likeness (QED) is 0.633. The molecule has 0 saturated heterocycles. The third-order valence-electron chi connectivity index (χ3n) is 4.58. The Kier molecular flexibility index (Phi) is 7.80. The zero-order valence-corrected chi connectivity index (χ0v) is 18.9. The molecule has 8 nitrogen and oxygen atoms in total. The third-order valence-corrected chi connectivity index (χ3v) is 6.60. The summed E-state index contributed by atoms with van der Waals surface area (Å²) in [5, 5.41) is 5.60. The minimum atomic E-state index is -3.64. The molecule has 2 amide bonds. The molecule has 1 aromatic heterocycles. The van der Waals surface area contributed by atoms with Gasteiger partial charge in [0.15, 0.2) is 0 Å². The highest BCUT2D eigenvalue weighted by Crippen LogP contribution is 2.19. The van der Waals surface area contributed by atoms with Crippen LogP contribution in [0.5, 0.6) is 0 Å². The number of amides is 2. The van der Waals surface area contributed by atoms with E-state index in [2.05, 4.69) is 10.6 Å². The number of sulfonamides is 1. The number of aryl methyl sites for hydroxylation is 1. The SMILES string of the molecule is CCN(CC)S(=O)(=O)c1cc(C(=O)Nc2ccc(CC(=O)NC(C)C)cc2)n(C)c1. The number of nitrogens with zero attached hydrogens (tertiary/aromatic N) is 2. The van der Waals surface area contributed by atoms with Gasteiger partial charge in [0.25, 0.3) is 5.91 Å². The van der Waals surface area contributed by atoms with Crippen molar-refractivity contribution in [2.45, 2.75) is 45.1 Å². The minimum absolute atomic E-state index is 0.0625. The summed E-state index contributed by atoms with van der Waals surface area (Å²) in [7, 11) is -2.01. The smallest absolute Gasteiger partial charge is 0.272 e. The van der Waals surface area contributed by atoms with E-state index in [0.29, 0.717) is 18.8 Å². The summed E-state index contributed by atoms with van der Waals surface area (Å²) in [5.74, 6) is -0.476. The van der Waals surface area contributed by atoms with E-state index in [0.717, 1.165) is 5.56 Å². The maximum absolute atomic E-state index is 12.7. The Morgan fingerprint density at radius 3 is 2.23 bits per heavy atom. The molecule has 1 aromatic carbocycles. The lowest BCUT2D eigenvalue weighted by Crippen LogP contribution is -2.31. The fourth-order valence-electron chi connectivity index (χ4n) is 3.07. The van der Waals surface area contributed by atoms with E-state index in [1.807, 2.05) is 13.8 Å². The molecule has 0 radical (unpaired) electrons. The average Bonchev–Trinajstić information content (AvgIpc) is 3.06. The van der Waals surface area contributed by atoms with Crippen LogP contribution in [0.4, 0.5) is 5.69 Å². The van der Waals surface area contributed by atoms with Gasteiger partial charge in [-0.1, -0.05) is 26.0 Å². The van der Waals surface area contributed by atoms with Crippen LogP contribution in [-0.4, -0.2) is 48.2 Å². The second-order valence-electron chi connectivity index (χ2n) is 7.31. The van der Waals surface area contributed by atoms with Gasteiger partial charge in [-0.25, -0.2) is 8.42 Å². The maximum atomic E-state index is 12.7. The van der Waals surface area contributed by atoms with Crippen molar-refractivity contribution in [2.24, 2.45) is 7.05 Å². The summed E-state index contributed by atoms with van der Waals surface area (Å²) in [4.78, 5) is 24.6. The molecule has 2 N–H and O–H groups in total. The Morgan fingerprint density at radius 2 is 1.70 bits per heavy atom. The van der Waals surface area contributed by atoms with Crippen LogP contribution in [0.15, 0.2) is 41.4 Å². The highest BCUT2D eigenvalue weighted by Gasteiger charge is 2.25. The van der Waals surface area contributed by atoms with Crippen LogP contribution in [0.2, 0.25) is 0 Å².